The fraction of sp³-hybridized carbons (Fsp3) is 0.0741. The molecular weight excluding hydrogens is 535 g/mol. The van der Waals surface area contributed by atoms with E-state index in [1.165, 1.54) is 18.2 Å². The van der Waals surface area contributed by atoms with E-state index in [1.807, 2.05) is 18.2 Å². The standard InChI is InChI=1S/C27H22Cl2N2O5S/c1-18-15-23(37(33,34)31-21-10-7-19(28)8-11-21)12-14-25(18)35-17-27(32)30-24-16-20(29)9-13-26(24)36-22-5-3-2-4-6-22/h2-16,31H,17H2,1H3,(H,30,32). The molecule has 0 aromatic heterocycles. The van der Waals surface area contributed by atoms with E-state index < -0.39 is 15.9 Å². The minimum Gasteiger partial charge on any atom is -0.483 e. The van der Waals surface area contributed by atoms with Gasteiger partial charge in [0.15, 0.2) is 12.4 Å². The molecule has 0 aliphatic rings. The number of hydrogen-bond acceptors (Lipinski definition) is 5. The summed E-state index contributed by atoms with van der Waals surface area (Å²) in [6.45, 7) is 1.38. The number of para-hydroxylation sites is 1. The summed E-state index contributed by atoms with van der Waals surface area (Å²) in [4.78, 5) is 12.7. The molecule has 4 aromatic carbocycles. The van der Waals surface area contributed by atoms with Gasteiger partial charge in [-0.2, -0.15) is 0 Å². The quantitative estimate of drug-likeness (QED) is 0.233. The van der Waals surface area contributed by atoms with Crippen LogP contribution in [0.15, 0.2) is 95.9 Å². The molecule has 37 heavy (non-hydrogen) atoms. The summed E-state index contributed by atoms with van der Waals surface area (Å²) in [7, 11) is -3.83. The number of hydrogen-bond donors (Lipinski definition) is 2. The molecule has 0 atom stereocenters. The lowest BCUT2D eigenvalue weighted by Crippen LogP contribution is -2.21. The minimum absolute atomic E-state index is 0.0541. The maximum atomic E-state index is 12.7. The maximum Gasteiger partial charge on any atom is 0.262 e. The van der Waals surface area contributed by atoms with Gasteiger partial charge in [0, 0.05) is 15.7 Å². The van der Waals surface area contributed by atoms with Gasteiger partial charge in [-0.3, -0.25) is 9.52 Å². The van der Waals surface area contributed by atoms with Gasteiger partial charge in [0.1, 0.15) is 11.5 Å². The Morgan fingerprint density at radius 3 is 2.22 bits per heavy atom. The van der Waals surface area contributed by atoms with Crippen molar-refractivity contribution >= 4 is 50.5 Å². The second-order valence-electron chi connectivity index (χ2n) is 7.93. The zero-order chi connectivity index (χ0) is 26.4. The van der Waals surface area contributed by atoms with Crippen molar-refractivity contribution in [2.75, 3.05) is 16.6 Å². The Hall–Kier alpha value is -3.72. The topological polar surface area (TPSA) is 93.7 Å². The van der Waals surface area contributed by atoms with Crippen LogP contribution in [0.25, 0.3) is 0 Å². The molecule has 0 saturated carbocycles. The molecule has 0 bridgehead atoms. The molecule has 0 aliphatic carbocycles. The van der Waals surface area contributed by atoms with Crippen LogP contribution in [0.3, 0.4) is 0 Å². The molecule has 4 rings (SSSR count). The predicted octanol–water partition coefficient (Wildman–Crippen LogP) is 6.91. The average Bonchev–Trinajstić information content (AvgIpc) is 2.87. The summed E-state index contributed by atoms with van der Waals surface area (Å²) in [5, 5.41) is 3.67. The second-order valence-corrected chi connectivity index (χ2v) is 10.5. The Kier molecular flexibility index (Phi) is 8.23. The van der Waals surface area contributed by atoms with Gasteiger partial charge in [0.05, 0.1) is 10.6 Å². The van der Waals surface area contributed by atoms with Crippen molar-refractivity contribution in [3.8, 4) is 17.2 Å². The number of carbonyl (C=O) groups excluding carboxylic acids is 1. The van der Waals surface area contributed by atoms with Crippen LogP contribution < -0.4 is 19.5 Å². The third-order valence-corrected chi connectivity index (χ3v) is 6.96. The number of halogens is 2. The van der Waals surface area contributed by atoms with Crippen LogP contribution in [0.2, 0.25) is 10.0 Å². The Balaban J connectivity index is 1.40. The summed E-state index contributed by atoms with van der Waals surface area (Å²) >= 11 is 12.0. The smallest absolute Gasteiger partial charge is 0.262 e. The number of sulfonamides is 1. The Labute approximate surface area is 225 Å². The van der Waals surface area contributed by atoms with Crippen LogP contribution in [-0.4, -0.2) is 20.9 Å². The molecule has 0 aliphatic heterocycles. The van der Waals surface area contributed by atoms with Crippen LogP contribution in [0.4, 0.5) is 11.4 Å². The summed E-state index contributed by atoms with van der Waals surface area (Å²) < 4.78 is 39.5. The monoisotopic (exact) mass is 556 g/mol. The van der Waals surface area contributed by atoms with Gasteiger partial charge >= 0.3 is 0 Å². The lowest BCUT2D eigenvalue weighted by Gasteiger charge is -2.14. The minimum atomic E-state index is -3.83. The number of anilines is 2. The fourth-order valence-corrected chi connectivity index (χ4v) is 4.76. The van der Waals surface area contributed by atoms with Crippen LogP contribution in [-0.2, 0) is 14.8 Å². The lowest BCUT2D eigenvalue weighted by atomic mass is 10.2. The SMILES string of the molecule is Cc1cc(S(=O)(=O)Nc2ccc(Cl)cc2)ccc1OCC(=O)Nc1cc(Cl)ccc1Oc1ccccc1. The summed E-state index contributed by atoms with van der Waals surface area (Å²) in [6.07, 6.45) is 0. The van der Waals surface area contributed by atoms with Crippen molar-refractivity contribution < 1.29 is 22.7 Å². The summed E-state index contributed by atoms with van der Waals surface area (Å²) in [5.74, 6) is 0.948. The predicted molar refractivity (Wildman–Crippen MR) is 146 cm³/mol. The molecule has 1 amide bonds. The van der Waals surface area contributed by atoms with Crippen molar-refractivity contribution in [3.63, 3.8) is 0 Å². The molecule has 0 unspecified atom stereocenters. The highest BCUT2D eigenvalue weighted by molar-refractivity contribution is 7.92. The molecule has 0 heterocycles. The molecule has 0 radical (unpaired) electrons. The number of nitrogens with one attached hydrogen (secondary N) is 2. The normalized spacial score (nSPS) is 11.0. The third-order valence-electron chi connectivity index (χ3n) is 5.10. The van der Waals surface area contributed by atoms with E-state index in [0.29, 0.717) is 44.2 Å². The van der Waals surface area contributed by atoms with Gasteiger partial charge < -0.3 is 14.8 Å². The van der Waals surface area contributed by atoms with Gasteiger partial charge in [-0.25, -0.2) is 8.42 Å². The van der Waals surface area contributed by atoms with Crippen LogP contribution in [0, 0.1) is 6.92 Å². The van der Waals surface area contributed by atoms with Gasteiger partial charge in [0.2, 0.25) is 0 Å². The maximum absolute atomic E-state index is 12.7. The average molecular weight is 557 g/mol. The van der Waals surface area contributed by atoms with E-state index in [-0.39, 0.29) is 11.5 Å². The molecule has 0 fully saturated rings. The Bertz CT molecular complexity index is 1510. The Morgan fingerprint density at radius 2 is 1.51 bits per heavy atom. The number of benzene rings is 4. The van der Waals surface area contributed by atoms with E-state index in [9.17, 15) is 13.2 Å². The zero-order valence-corrected chi connectivity index (χ0v) is 21.9. The molecule has 2 N–H and O–H groups in total. The number of aryl methyl sites for hydroxylation is 1. The van der Waals surface area contributed by atoms with E-state index >= 15 is 0 Å². The van der Waals surface area contributed by atoms with Gasteiger partial charge in [-0.05, 0) is 85.3 Å². The first-order valence-electron chi connectivity index (χ1n) is 11.0. The van der Waals surface area contributed by atoms with E-state index in [1.54, 1.807) is 61.5 Å². The second kappa shape index (κ2) is 11.6. The summed E-state index contributed by atoms with van der Waals surface area (Å²) in [6, 6.07) is 24.7. The van der Waals surface area contributed by atoms with Gasteiger partial charge in [0.25, 0.3) is 15.9 Å². The number of carbonyl (C=O) groups is 1. The summed E-state index contributed by atoms with van der Waals surface area (Å²) in [5.41, 5.74) is 1.31. The van der Waals surface area contributed by atoms with Crippen LogP contribution >= 0.6 is 23.2 Å². The van der Waals surface area contributed by atoms with E-state index in [2.05, 4.69) is 10.0 Å². The highest BCUT2D eigenvalue weighted by Crippen LogP contribution is 2.32. The first kappa shape index (κ1) is 26.3. The van der Waals surface area contributed by atoms with Crippen LogP contribution in [0.1, 0.15) is 5.56 Å². The largest absolute Gasteiger partial charge is 0.483 e. The molecule has 0 spiro atoms. The van der Waals surface area contributed by atoms with Gasteiger partial charge in [-0.1, -0.05) is 41.4 Å². The zero-order valence-electron chi connectivity index (χ0n) is 19.6. The third kappa shape index (κ3) is 7.16. The van der Waals surface area contributed by atoms with E-state index in [4.69, 9.17) is 32.7 Å². The number of amides is 1. The highest BCUT2D eigenvalue weighted by Gasteiger charge is 2.17. The molecule has 0 saturated heterocycles. The van der Waals surface area contributed by atoms with E-state index in [0.717, 1.165) is 0 Å². The first-order chi connectivity index (χ1) is 17.7. The number of rotatable bonds is 9. The molecule has 190 valence electrons. The van der Waals surface area contributed by atoms with Crippen LogP contribution in [0.5, 0.6) is 17.2 Å². The molecule has 7 nitrogen and oxygen atoms in total. The van der Waals surface area contributed by atoms with Crippen molar-refractivity contribution in [2.45, 2.75) is 11.8 Å². The van der Waals surface area contributed by atoms with Crippen molar-refractivity contribution in [2.24, 2.45) is 0 Å². The molecular formula is C27H22Cl2N2O5S. The molecule has 10 heteroatoms. The lowest BCUT2D eigenvalue weighted by molar-refractivity contribution is -0.118. The van der Waals surface area contributed by atoms with Gasteiger partial charge in [-0.15, -0.1) is 0 Å². The van der Waals surface area contributed by atoms with Crippen molar-refractivity contribution in [1.82, 2.24) is 0 Å². The van der Waals surface area contributed by atoms with Crippen molar-refractivity contribution in [1.29, 1.82) is 0 Å². The first-order valence-corrected chi connectivity index (χ1v) is 13.3. The fourth-order valence-electron chi connectivity index (χ4n) is 3.32. The highest BCUT2D eigenvalue weighted by atomic mass is 35.5. The Morgan fingerprint density at radius 1 is 0.838 bits per heavy atom. The molecule has 4 aromatic rings. The van der Waals surface area contributed by atoms with Crippen molar-refractivity contribution in [3.05, 3.63) is 107 Å². The number of ether oxygens (including phenoxy) is 2.